The molecule has 3 unspecified atom stereocenters. The molecule has 0 radical (unpaired) electrons. The third-order valence-electron chi connectivity index (χ3n) is 4.47. The van der Waals surface area contributed by atoms with E-state index in [2.05, 4.69) is 9.80 Å². The maximum atomic E-state index is 5.71. The summed E-state index contributed by atoms with van der Waals surface area (Å²) in [4.78, 5) is 5.31. The van der Waals surface area contributed by atoms with Crippen molar-refractivity contribution in [2.75, 3.05) is 39.3 Å². The van der Waals surface area contributed by atoms with Crippen molar-refractivity contribution >= 4 is 0 Å². The van der Waals surface area contributed by atoms with Crippen LogP contribution in [0.4, 0.5) is 0 Å². The van der Waals surface area contributed by atoms with Crippen LogP contribution in [0.5, 0.6) is 0 Å². The van der Waals surface area contributed by atoms with E-state index in [0.29, 0.717) is 6.54 Å². The standard InChI is InChI=1S/C12H23N3O/c13-8-10-9-15(6-7-16-10)12-3-5-14-4-1-2-11(12)14/h10-12H,1-9,13H2. The highest BCUT2D eigenvalue weighted by molar-refractivity contribution is 4.97. The molecule has 3 heterocycles. The Balaban J connectivity index is 1.63. The predicted octanol–water partition coefficient (Wildman–Crippen LogP) is -0.117. The Hall–Kier alpha value is -0.160. The van der Waals surface area contributed by atoms with E-state index < -0.39 is 0 Å². The molecule has 0 saturated carbocycles. The van der Waals surface area contributed by atoms with Gasteiger partial charge in [0.1, 0.15) is 0 Å². The normalized spacial score (nSPS) is 41.4. The second-order valence-electron chi connectivity index (χ2n) is 5.33. The van der Waals surface area contributed by atoms with Gasteiger partial charge in [0.15, 0.2) is 0 Å². The van der Waals surface area contributed by atoms with Gasteiger partial charge < -0.3 is 10.5 Å². The van der Waals surface area contributed by atoms with E-state index in [0.717, 1.165) is 31.8 Å². The molecule has 2 N–H and O–H groups in total. The molecule has 0 aliphatic carbocycles. The van der Waals surface area contributed by atoms with Crippen molar-refractivity contribution in [2.45, 2.75) is 37.5 Å². The van der Waals surface area contributed by atoms with Crippen LogP contribution < -0.4 is 5.73 Å². The number of fused-ring (bicyclic) bond motifs is 1. The monoisotopic (exact) mass is 225 g/mol. The van der Waals surface area contributed by atoms with Gasteiger partial charge in [-0.05, 0) is 25.8 Å². The molecule has 0 spiro atoms. The lowest BCUT2D eigenvalue weighted by molar-refractivity contribution is -0.0417. The highest BCUT2D eigenvalue weighted by Crippen LogP contribution is 2.31. The fourth-order valence-electron chi connectivity index (χ4n) is 3.67. The van der Waals surface area contributed by atoms with Gasteiger partial charge in [0.2, 0.25) is 0 Å². The van der Waals surface area contributed by atoms with Crippen molar-refractivity contribution in [2.24, 2.45) is 5.73 Å². The van der Waals surface area contributed by atoms with Gasteiger partial charge in [0.25, 0.3) is 0 Å². The van der Waals surface area contributed by atoms with Crippen molar-refractivity contribution in [3.8, 4) is 0 Å². The van der Waals surface area contributed by atoms with E-state index in [-0.39, 0.29) is 6.10 Å². The summed E-state index contributed by atoms with van der Waals surface area (Å²) in [6.07, 6.45) is 4.41. The predicted molar refractivity (Wildman–Crippen MR) is 63.4 cm³/mol. The molecule has 16 heavy (non-hydrogen) atoms. The van der Waals surface area contributed by atoms with Crippen LogP contribution >= 0.6 is 0 Å². The zero-order valence-corrected chi connectivity index (χ0v) is 9.98. The fraction of sp³-hybridized carbons (Fsp3) is 1.00. The number of rotatable bonds is 2. The molecule has 0 aromatic heterocycles. The molecule has 3 rings (SSSR count). The summed E-state index contributed by atoms with van der Waals surface area (Å²) in [5, 5.41) is 0. The first-order valence-corrected chi connectivity index (χ1v) is 6.68. The molecular weight excluding hydrogens is 202 g/mol. The molecule has 3 fully saturated rings. The number of ether oxygens (including phenoxy) is 1. The van der Waals surface area contributed by atoms with Gasteiger partial charge in [-0.2, -0.15) is 0 Å². The van der Waals surface area contributed by atoms with Gasteiger partial charge in [-0.25, -0.2) is 0 Å². The molecular formula is C12H23N3O. The highest BCUT2D eigenvalue weighted by Gasteiger charge is 2.41. The van der Waals surface area contributed by atoms with Crippen molar-refractivity contribution in [3.63, 3.8) is 0 Å². The Morgan fingerprint density at radius 1 is 1.06 bits per heavy atom. The van der Waals surface area contributed by atoms with E-state index in [9.17, 15) is 0 Å². The quantitative estimate of drug-likeness (QED) is 0.711. The molecule has 3 aliphatic rings. The van der Waals surface area contributed by atoms with Gasteiger partial charge in [-0.3, -0.25) is 9.80 Å². The minimum absolute atomic E-state index is 0.268. The number of hydrogen-bond donors (Lipinski definition) is 1. The maximum Gasteiger partial charge on any atom is 0.0824 e. The lowest BCUT2D eigenvalue weighted by Gasteiger charge is -2.38. The van der Waals surface area contributed by atoms with E-state index in [1.807, 2.05) is 0 Å². The zero-order chi connectivity index (χ0) is 11.0. The average molecular weight is 225 g/mol. The zero-order valence-electron chi connectivity index (χ0n) is 9.98. The first kappa shape index (κ1) is 11.0. The van der Waals surface area contributed by atoms with Crippen LogP contribution in [0.15, 0.2) is 0 Å². The van der Waals surface area contributed by atoms with Crippen molar-refractivity contribution < 1.29 is 4.74 Å². The Morgan fingerprint density at radius 3 is 2.81 bits per heavy atom. The number of hydrogen-bond acceptors (Lipinski definition) is 4. The summed E-state index contributed by atoms with van der Waals surface area (Å²) in [6.45, 7) is 6.31. The Labute approximate surface area is 97.7 Å². The molecule has 0 bridgehead atoms. The van der Waals surface area contributed by atoms with Gasteiger partial charge >= 0.3 is 0 Å². The SMILES string of the molecule is NCC1CN(C2CCN3CCCC23)CCO1. The molecule has 3 aliphatic heterocycles. The van der Waals surface area contributed by atoms with Gasteiger partial charge in [-0.1, -0.05) is 0 Å². The summed E-state index contributed by atoms with van der Waals surface area (Å²) in [7, 11) is 0. The van der Waals surface area contributed by atoms with E-state index in [4.69, 9.17) is 10.5 Å². The first-order valence-electron chi connectivity index (χ1n) is 6.68. The molecule has 92 valence electrons. The van der Waals surface area contributed by atoms with Crippen LogP contribution in [0.25, 0.3) is 0 Å². The van der Waals surface area contributed by atoms with Crippen LogP contribution in [0.1, 0.15) is 19.3 Å². The topological polar surface area (TPSA) is 41.7 Å². The van der Waals surface area contributed by atoms with Gasteiger partial charge in [0, 0.05) is 38.3 Å². The van der Waals surface area contributed by atoms with Crippen LogP contribution in [-0.4, -0.2) is 67.3 Å². The number of morpholine rings is 1. The summed E-state index contributed by atoms with van der Waals surface area (Å²) in [5.74, 6) is 0. The van der Waals surface area contributed by atoms with Crippen LogP contribution in [0.3, 0.4) is 0 Å². The smallest absolute Gasteiger partial charge is 0.0824 e. The summed E-state index contributed by atoms with van der Waals surface area (Å²) >= 11 is 0. The third-order valence-corrected chi connectivity index (χ3v) is 4.47. The molecule has 0 aromatic carbocycles. The van der Waals surface area contributed by atoms with Gasteiger partial charge in [0.05, 0.1) is 12.7 Å². The van der Waals surface area contributed by atoms with Crippen LogP contribution in [0.2, 0.25) is 0 Å². The second kappa shape index (κ2) is 4.61. The molecule has 4 heteroatoms. The number of nitrogens with two attached hydrogens (primary N) is 1. The maximum absolute atomic E-state index is 5.71. The summed E-state index contributed by atoms with van der Waals surface area (Å²) in [6, 6.07) is 1.61. The minimum Gasteiger partial charge on any atom is -0.374 e. The average Bonchev–Trinajstić information content (AvgIpc) is 2.90. The molecule has 3 atom stereocenters. The Bertz CT molecular complexity index is 248. The van der Waals surface area contributed by atoms with Crippen LogP contribution in [0, 0.1) is 0 Å². The molecule has 4 nitrogen and oxygen atoms in total. The van der Waals surface area contributed by atoms with E-state index in [1.165, 1.54) is 32.4 Å². The summed E-state index contributed by atoms with van der Waals surface area (Å²) < 4.78 is 5.65. The number of nitrogens with zero attached hydrogens (tertiary/aromatic N) is 2. The molecule has 3 saturated heterocycles. The second-order valence-corrected chi connectivity index (χ2v) is 5.33. The Morgan fingerprint density at radius 2 is 1.94 bits per heavy atom. The van der Waals surface area contributed by atoms with E-state index >= 15 is 0 Å². The lowest BCUT2D eigenvalue weighted by Crippen LogP contribution is -2.52. The summed E-state index contributed by atoms with van der Waals surface area (Å²) in [5.41, 5.74) is 5.71. The van der Waals surface area contributed by atoms with Crippen molar-refractivity contribution in [1.82, 2.24) is 9.80 Å². The molecule has 0 amide bonds. The largest absolute Gasteiger partial charge is 0.374 e. The minimum atomic E-state index is 0.268. The lowest BCUT2D eigenvalue weighted by atomic mass is 10.0. The Kier molecular flexibility index (Phi) is 3.16. The van der Waals surface area contributed by atoms with E-state index in [1.54, 1.807) is 0 Å². The van der Waals surface area contributed by atoms with Crippen molar-refractivity contribution in [3.05, 3.63) is 0 Å². The third kappa shape index (κ3) is 1.88. The van der Waals surface area contributed by atoms with Gasteiger partial charge in [-0.15, -0.1) is 0 Å². The molecule has 0 aromatic rings. The van der Waals surface area contributed by atoms with Crippen molar-refractivity contribution in [1.29, 1.82) is 0 Å². The first-order chi connectivity index (χ1) is 7.88. The fourth-order valence-corrected chi connectivity index (χ4v) is 3.67. The highest BCUT2D eigenvalue weighted by atomic mass is 16.5. The van der Waals surface area contributed by atoms with Crippen LogP contribution in [-0.2, 0) is 4.74 Å².